The predicted molar refractivity (Wildman–Crippen MR) is 78.1 cm³/mol. The van der Waals surface area contributed by atoms with Gasteiger partial charge in [-0.3, -0.25) is 4.79 Å². The van der Waals surface area contributed by atoms with Crippen molar-refractivity contribution < 1.29 is 4.79 Å². The smallest absolute Gasteiger partial charge is 0.251 e. The third kappa shape index (κ3) is 3.44. The Labute approximate surface area is 114 Å². The minimum atomic E-state index is -0.0287. The molecule has 0 radical (unpaired) electrons. The summed E-state index contributed by atoms with van der Waals surface area (Å²) in [4.78, 5) is 12.1. The molecule has 0 aliphatic carbocycles. The highest BCUT2D eigenvalue weighted by atomic mass is 16.1. The Kier molecular flexibility index (Phi) is 4.35. The second-order valence-electron chi connectivity index (χ2n) is 4.66. The van der Waals surface area contributed by atoms with Gasteiger partial charge in [0.15, 0.2) is 0 Å². The summed E-state index contributed by atoms with van der Waals surface area (Å²) in [5.74, 6) is -0.0287. The Morgan fingerprint density at radius 1 is 1.05 bits per heavy atom. The van der Waals surface area contributed by atoms with E-state index < -0.39 is 0 Å². The number of hydrogen-bond donors (Lipinski definition) is 1. The first-order valence-corrected chi connectivity index (χ1v) is 6.65. The zero-order valence-corrected chi connectivity index (χ0v) is 11.4. The van der Waals surface area contributed by atoms with Gasteiger partial charge in [0.2, 0.25) is 0 Å². The molecule has 1 atom stereocenters. The molecule has 2 heteroatoms. The number of aryl methyl sites for hydroxylation is 1. The molecule has 0 aliphatic rings. The van der Waals surface area contributed by atoms with E-state index in [1.165, 1.54) is 5.56 Å². The van der Waals surface area contributed by atoms with Crippen LogP contribution >= 0.6 is 0 Å². The fourth-order valence-corrected chi connectivity index (χ4v) is 2.00. The van der Waals surface area contributed by atoms with Crippen molar-refractivity contribution in [1.29, 1.82) is 0 Å². The molecule has 0 heterocycles. The van der Waals surface area contributed by atoms with E-state index in [0.717, 1.165) is 12.0 Å². The summed E-state index contributed by atoms with van der Waals surface area (Å²) >= 11 is 0. The summed E-state index contributed by atoms with van der Waals surface area (Å²) in [7, 11) is 0. The lowest BCUT2D eigenvalue weighted by molar-refractivity contribution is 0.0940. The average molecular weight is 253 g/mol. The Bertz CT molecular complexity index is 531. The third-order valence-corrected chi connectivity index (χ3v) is 3.27. The van der Waals surface area contributed by atoms with Gasteiger partial charge in [-0.25, -0.2) is 0 Å². The van der Waals surface area contributed by atoms with Crippen molar-refractivity contribution in [2.45, 2.75) is 26.3 Å². The van der Waals surface area contributed by atoms with Gasteiger partial charge >= 0.3 is 0 Å². The molecule has 0 bridgehead atoms. The van der Waals surface area contributed by atoms with Gasteiger partial charge < -0.3 is 5.32 Å². The van der Waals surface area contributed by atoms with Gasteiger partial charge in [-0.2, -0.15) is 0 Å². The highest BCUT2D eigenvalue weighted by molar-refractivity contribution is 5.94. The first-order chi connectivity index (χ1) is 9.20. The fourth-order valence-electron chi connectivity index (χ4n) is 2.00. The van der Waals surface area contributed by atoms with E-state index >= 15 is 0 Å². The van der Waals surface area contributed by atoms with Crippen LogP contribution in [-0.4, -0.2) is 5.91 Å². The summed E-state index contributed by atoms with van der Waals surface area (Å²) in [5, 5.41) is 3.01. The van der Waals surface area contributed by atoms with E-state index in [2.05, 4.69) is 12.2 Å². The molecule has 0 aromatic heterocycles. The predicted octanol–water partition coefficient (Wildman–Crippen LogP) is 3.74. The van der Waals surface area contributed by atoms with Gasteiger partial charge in [0.1, 0.15) is 0 Å². The van der Waals surface area contributed by atoms with Crippen LogP contribution < -0.4 is 5.32 Å². The number of rotatable bonds is 4. The van der Waals surface area contributed by atoms with Crippen LogP contribution in [0.2, 0.25) is 0 Å². The molecule has 0 spiro atoms. The van der Waals surface area contributed by atoms with Gasteiger partial charge in [-0.1, -0.05) is 49.4 Å². The van der Waals surface area contributed by atoms with Gasteiger partial charge in [0.25, 0.3) is 5.91 Å². The van der Waals surface area contributed by atoms with Crippen molar-refractivity contribution in [2.75, 3.05) is 0 Å². The van der Waals surface area contributed by atoms with Crippen LogP contribution in [0.15, 0.2) is 54.6 Å². The molecule has 2 rings (SSSR count). The van der Waals surface area contributed by atoms with Crippen LogP contribution in [0.5, 0.6) is 0 Å². The van der Waals surface area contributed by atoms with E-state index in [4.69, 9.17) is 0 Å². The van der Waals surface area contributed by atoms with E-state index in [9.17, 15) is 4.79 Å². The van der Waals surface area contributed by atoms with E-state index in [-0.39, 0.29) is 11.9 Å². The van der Waals surface area contributed by atoms with E-state index in [1.807, 2.05) is 61.5 Å². The maximum atomic E-state index is 12.1. The molecule has 0 saturated heterocycles. The number of nitrogens with one attached hydrogen (secondary N) is 1. The molecular formula is C17H19NO. The first-order valence-electron chi connectivity index (χ1n) is 6.65. The number of hydrogen-bond acceptors (Lipinski definition) is 1. The summed E-state index contributed by atoms with van der Waals surface area (Å²) in [6, 6.07) is 17.8. The van der Waals surface area contributed by atoms with Crippen molar-refractivity contribution >= 4 is 5.91 Å². The van der Waals surface area contributed by atoms with Crippen LogP contribution in [0.4, 0.5) is 0 Å². The third-order valence-electron chi connectivity index (χ3n) is 3.27. The molecular weight excluding hydrogens is 234 g/mol. The molecule has 2 aromatic carbocycles. The topological polar surface area (TPSA) is 29.1 Å². The van der Waals surface area contributed by atoms with Crippen LogP contribution in [-0.2, 0) is 6.42 Å². The van der Waals surface area contributed by atoms with Gasteiger partial charge in [-0.05, 0) is 36.6 Å². The van der Waals surface area contributed by atoms with Crippen LogP contribution in [0, 0.1) is 0 Å². The zero-order valence-electron chi connectivity index (χ0n) is 11.4. The summed E-state index contributed by atoms with van der Waals surface area (Å²) < 4.78 is 0. The highest BCUT2D eigenvalue weighted by Gasteiger charge is 2.10. The molecule has 0 saturated carbocycles. The minimum absolute atomic E-state index is 0.0135. The largest absolute Gasteiger partial charge is 0.346 e. The lowest BCUT2D eigenvalue weighted by atomic mass is 10.1. The van der Waals surface area contributed by atoms with Crippen LogP contribution in [0.1, 0.15) is 41.4 Å². The van der Waals surface area contributed by atoms with Crippen molar-refractivity contribution in [3.63, 3.8) is 0 Å². The summed E-state index contributed by atoms with van der Waals surface area (Å²) in [6.07, 6.45) is 0.988. The lowest BCUT2D eigenvalue weighted by Crippen LogP contribution is -2.26. The Hall–Kier alpha value is -2.09. The van der Waals surface area contributed by atoms with Crippen molar-refractivity contribution in [2.24, 2.45) is 0 Å². The molecule has 98 valence electrons. The molecule has 0 unspecified atom stereocenters. The molecule has 19 heavy (non-hydrogen) atoms. The lowest BCUT2D eigenvalue weighted by Gasteiger charge is -2.14. The van der Waals surface area contributed by atoms with E-state index in [0.29, 0.717) is 5.56 Å². The second-order valence-corrected chi connectivity index (χ2v) is 4.66. The van der Waals surface area contributed by atoms with Gasteiger partial charge in [0.05, 0.1) is 6.04 Å². The number of carbonyl (C=O) groups excluding carboxylic acids is 1. The maximum absolute atomic E-state index is 12.1. The average Bonchev–Trinajstić information content (AvgIpc) is 2.48. The second kappa shape index (κ2) is 6.19. The Balaban J connectivity index is 2.04. The van der Waals surface area contributed by atoms with Crippen molar-refractivity contribution in [3.8, 4) is 0 Å². The van der Waals surface area contributed by atoms with Crippen LogP contribution in [0.25, 0.3) is 0 Å². The maximum Gasteiger partial charge on any atom is 0.251 e. The molecule has 1 amide bonds. The van der Waals surface area contributed by atoms with Crippen molar-refractivity contribution in [3.05, 3.63) is 71.3 Å². The number of benzene rings is 2. The monoisotopic (exact) mass is 253 g/mol. The Morgan fingerprint density at radius 3 is 2.26 bits per heavy atom. The highest BCUT2D eigenvalue weighted by Crippen LogP contribution is 2.12. The quantitative estimate of drug-likeness (QED) is 0.883. The number of carbonyl (C=O) groups is 1. The zero-order chi connectivity index (χ0) is 13.7. The first kappa shape index (κ1) is 13.3. The minimum Gasteiger partial charge on any atom is -0.346 e. The number of amides is 1. The van der Waals surface area contributed by atoms with Crippen molar-refractivity contribution in [1.82, 2.24) is 5.32 Å². The van der Waals surface area contributed by atoms with Gasteiger partial charge in [-0.15, -0.1) is 0 Å². The molecule has 2 aromatic rings. The fraction of sp³-hybridized carbons (Fsp3) is 0.235. The SMILES string of the molecule is CCc1ccc(C(=O)N[C@@H](C)c2ccccc2)cc1. The molecule has 0 fully saturated rings. The van der Waals surface area contributed by atoms with E-state index in [1.54, 1.807) is 0 Å². The standard InChI is InChI=1S/C17H19NO/c1-3-14-9-11-16(12-10-14)17(19)18-13(2)15-7-5-4-6-8-15/h4-13H,3H2,1-2H3,(H,18,19)/t13-/m0/s1. The summed E-state index contributed by atoms with van der Waals surface area (Å²) in [6.45, 7) is 4.10. The normalized spacial score (nSPS) is 11.9. The Morgan fingerprint density at radius 2 is 1.68 bits per heavy atom. The molecule has 2 nitrogen and oxygen atoms in total. The van der Waals surface area contributed by atoms with Gasteiger partial charge in [0, 0.05) is 5.56 Å². The molecule has 0 aliphatic heterocycles. The summed E-state index contributed by atoms with van der Waals surface area (Å²) in [5.41, 5.74) is 3.06. The molecule has 1 N–H and O–H groups in total. The van der Waals surface area contributed by atoms with Crippen LogP contribution in [0.3, 0.4) is 0 Å².